The molecule has 8 heteroatoms. The Kier molecular flexibility index (Phi) is 9.80. The summed E-state index contributed by atoms with van der Waals surface area (Å²) in [6.45, 7) is 10.5. The van der Waals surface area contributed by atoms with Gasteiger partial charge in [0.1, 0.15) is 0 Å². The molecule has 0 saturated carbocycles. The number of hydrogen-bond donors (Lipinski definition) is 2. The molecule has 1 saturated heterocycles. The molecule has 0 bridgehead atoms. The van der Waals surface area contributed by atoms with Gasteiger partial charge in [-0.2, -0.15) is 0 Å². The molecule has 2 N–H and O–H groups in total. The van der Waals surface area contributed by atoms with Crippen LogP contribution in [-0.4, -0.2) is 63.4 Å². The van der Waals surface area contributed by atoms with Crippen molar-refractivity contribution in [1.82, 2.24) is 10.2 Å². The Morgan fingerprint density at radius 3 is 2.56 bits per heavy atom. The Morgan fingerprint density at radius 2 is 1.84 bits per heavy atom. The summed E-state index contributed by atoms with van der Waals surface area (Å²) in [7, 11) is 0. The molecule has 0 unspecified atom stereocenters. The van der Waals surface area contributed by atoms with Gasteiger partial charge in [0.15, 0.2) is 18.1 Å². The number of aryl methyl sites for hydroxylation is 1. The number of carbonyl (C=O) groups is 1. The first kappa shape index (κ1) is 24.5. The molecule has 0 aliphatic carbocycles. The van der Waals surface area contributed by atoms with E-state index in [1.165, 1.54) is 0 Å². The number of hydrogen-bond acceptors (Lipinski definition) is 6. The topological polar surface area (TPSA) is 72.1 Å². The largest absolute Gasteiger partial charge is 0.490 e. The van der Waals surface area contributed by atoms with Gasteiger partial charge in [-0.15, -0.1) is 0 Å². The number of ether oxygens (including phenoxy) is 3. The second-order valence-corrected chi connectivity index (χ2v) is 8.51. The Bertz CT molecular complexity index is 870. The first-order valence-electron chi connectivity index (χ1n) is 11.0. The first-order chi connectivity index (χ1) is 15.5. The molecule has 0 atom stereocenters. The van der Waals surface area contributed by atoms with Gasteiger partial charge in [0.25, 0.3) is 5.91 Å². The summed E-state index contributed by atoms with van der Waals surface area (Å²) in [4.78, 5) is 14.7. The van der Waals surface area contributed by atoms with Gasteiger partial charge in [-0.1, -0.05) is 33.6 Å². The Balaban J connectivity index is 1.53. The third-order valence-corrected chi connectivity index (χ3v) is 5.87. The molecule has 0 radical (unpaired) electrons. The highest BCUT2D eigenvalue weighted by Gasteiger charge is 2.14. The summed E-state index contributed by atoms with van der Waals surface area (Å²) in [5, 5.41) is 6.33. The summed E-state index contributed by atoms with van der Waals surface area (Å²) in [6.07, 6.45) is 0. The van der Waals surface area contributed by atoms with Gasteiger partial charge >= 0.3 is 0 Å². The molecule has 2 aromatic carbocycles. The number of benzene rings is 2. The van der Waals surface area contributed by atoms with Crippen molar-refractivity contribution in [1.29, 1.82) is 0 Å². The van der Waals surface area contributed by atoms with Gasteiger partial charge in [0, 0.05) is 42.9 Å². The number of morpholine rings is 1. The third kappa shape index (κ3) is 7.78. The quantitative estimate of drug-likeness (QED) is 0.454. The SMILES string of the molecule is CCOc1cc(CNCCN2CCOCC2)c(Br)cc1OCC(=O)Nc1ccc(C)cc1. The average Bonchev–Trinajstić information content (AvgIpc) is 2.80. The predicted molar refractivity (Wildman–Crippen MR) is 130 cm³/mol. The molecule has 1 fully saturated rings. The lowest BCUT2D eigenvalue weighted by Gasteiger charge is -2.26. The van der Waals surface area contributed by atoms with Gasteiger partial charge in [-0.25, -0.2) is 0 Å². The van der Waals surface area contributed by atoms with Crippen LogP contribution in [0.4, 0.5) is 5.69 Å². The van der Waals surface area contributed by atoms with Crippen LogP contribution < -0.4 is 20.1 Å². The van der Waals surface area contributed by atoms with Crippen LogP contribution in [0.1, 0.15) is 18.1 Å². The lowest BCUT2D eigenvalue weighted by atomic mass is 10.2. The Hall–Kier alpha value is -2.13. The predicted octanol–water partition coefficient (Wildman–Crippen LogP) is 3.60. The molecule has 174 valence electrons. The minimum absolute atomic E-state index is 0.0997. The van der Waals surface area contributed by atoms with Gasteiger partial charge in [-0.3, -0.25) is 9.69 Å². The summed E-state index contributed by atoms with van der Waals surface area (Å²) in [6, 6.07) is 11.5. The lowest BCUT2D eigenvalue weighted by Crippen LogP contribution is -2.40. The second-order valence-electron chi connectivity index (χ2n) is 7.66. The zero-order valence-electron chi connectivity index (χ0n) is 18.8. The molecule has 0 aromatic heterocycles. The highest BCUT2D eigenvalue weighted by molar-refractivity contribution is 9.10. The van der Waals surface area contributed by atoms with E-state index < -0.39 is 0 Å². The zero-order valence-corrected chi connectivity index (χ0v) is 20.4. The van der Waals surface area contributed by atoms with Gasteiger partial charge < -0.3 is 24.8 Å². The molecular weight excluding hydrogens is 474 g/mol. The maximum absolute atomic E-state index is 12.3. The highest BCUT2D eigenvalue weighted by atomic mass is 79.9. The van der Waals surface area contributed by atoms with Crippen molar-refractivity contribution in [3.05, 3.63) is 52.0 Å². The summed E-state index contributed by atoms with van der Waals surface area (Å²) >= 11 is 3.63. The highest BCUT2D eigenvalue weighted by Crippen LogP contribution is 2.34. The van der Waals surface area contributed by atoms with Crippen LogP contribution in [0, 0.1) is 6.92 Å². The Morgan fingerprint density at radius 1 is 1.12 bits per heavy atom. The number of amides is 1. The van der Waals surface area contributed by atoms with Crippen LogP contribution in [0.2, 0.25) is 0 Å². The van der Waals surface area contributed by atoms with Gasteiger partial charge in [0.05, 0.1) is 19.8 Å². The molecule has 1 aliphatic rings. The lowest BCUT2D eigenvalue weighted by molar-refractivity contribution is -0.118. The van der Waals surface area contributed by atoms with Gasteiger partial charge in [-0.05, 0) is 43.7 Å². The van der Waals surface area contributed by atoms with Crippen LogP contribution in [0.15, 0.2) is 40.9 Å². The fourth-order valence-electron chi connectivity index (χ4n) is 3.36. The van der Waals surface area contributed by atoms with E-state index in [-0.39, 0.29) is 12.5 Å². The summed E-state index contributed by atoms with van der Waals surface area (Å²) < 4.78 is 17.9. The maximum Gasteiger partial charge on any atom is 0.262 e. The normalized spacial score (nSPS) is 14.2. The fourth-order valence-corrected chi connectivity index (χ4v) is 3.82. The maximum atomic E-state index is 12.3. The first-order valence-corrected chi connectivity index (χ1v) is 11.8. The van der Waals surface area contributed by atoms with Crippen molar-refractivity contribution < 1.29 is 19.0 Å². The minimum atomic E-state index is -0.221. The second kappa shape index (κ2) is 12.8. The van der Waals surface area contributed by atoms with Crippen molar-refractivity contribution in [3.8, 4) is 11.5 Å². The number of carbonyl (C=O) groups excluding carboxylic acids is 1. The van der Waals surface area contributed by atoms with Crippen LogP contribution in [0.5, 0.6) is 11.5 Å². The van der Waals surface area contributed by atoms with E-state index >= 15 is 0 Å². The monoisotopic (exact) mass is 505 g/mol. The molecule has 32 heavy (non-hydrogen) atoms. The molecule has 1 heterocycles. The van der Waals surface area contributed by atoms with E-state index in [1.54, 1.807) is 0 Å². The van der Waals surface area contributed by atoms with E-state index in [4.69, 9.17) is 14.2 Å². The van der Waals surface area contributed by atoms with Crippen molar-refractivity contribution >= 4 is 27.5 Å². The molecule has 7 nitrogen and oxygen atoms in total. The van der Waals surface area contributed by atoms with E-state index in [0.29, 0.717) is 24.7 Å². The number of nitrogens with one attached hydrogen (secondary N) is 2. The number of halogens is 1. The Labute approximate surface area is 198 Å². The van der Waals surface area contributed by atoms with Crippen LogP contribution in [0.25, 0.3) is 0 Å². The van der Waals surface area contributed by atoms with E-state index in [1.807, 2.05) is 50.2 Å². The van der Waals surface area contributed by atoms with E-state index in [2.05, 4.69) is 31.5 Å². The smallest absolute Gasteiger partial charge is 0.262 e. The van der Waals surface area contributed by atoms with Crippen molar-refractivity contribution in [2.75, 3.05) is 57.9 Å². The van der Waals surface area contributed by atoms with Crippen LogP contribution in [0.3, 0.4) is 0 Å². The number of nitrogens with zero attached hydrogens (tertiary/aromatic N) is 1. The molecule has 1 amide bonds. The van der Waals surface area contributed by atoms with Gasteiger partial charge in [0.2, 0.25) is 0 Å². The zero-order chi connectivity index (χ0) is 22.8. The number of rotatable bonds is 11. The minimum Gasteiger partial charge on any atom is -0.490 e. The molecular formula is C24H32BrN3O4. The third-order valence-electron chi connectivity index (χ3n) is 5.13. The molecule has 1 aliphatic heterocycles. The number of anilines is 1. The van der Waals surface area contributed by atoms with Crippen LogP contribution in [-0.2, 0) is 16.1 Å². The van der Waals surface area contributed by atoms with E-state index in [0.717, 1.165) is 60.7 Å². The fraction of sp³-hybridized carbons (Fsp3) is 0.458. The summed E-state index contributed by atoms with van der Waals surface area (Å²) in [5.41, 5.74) is 2.96. The van der Waals surface area contributed by atoms with Crippen molar-refractivity contribution in [2.45, 2.75) is 20.4 Å². The summed E-state index contributed by atoms with van der Waals surface area (Å²) in [5.74, 6) is 0.944. The molecule has 0 spiro atoms. The standard InChI is InChI=1S/C24H32BrN3O4/c1-3-31-22-14-19(16-26-8-9-28-10-12-30-13-11-28)21(25)15-23(22)32-17-24(29)27-20-6-4-18(2)5-7-20/h4-7,14-15,26H,3,8-13,16-17H2,1-2H3,(H,27,29). The van der Waals surface area contributed by atoms with Crippen molar-refractivity contribution in [2.24, 2.45) is 0 Å². The van der Waals surface area contributed by atoms with Crippen molar-refractivity contribution in [3.63, 3.8) is 0 Å². The average molecular weight is 506 g/mol. The molecule has 2 aromatic rings. The molecule has 3 rings (SSSR count). The van der Waals surface area contributed by atoms with Crippen LogP contribution >= 0.6 is 15.9 Å². The van der Waals surface area contributed by atoms with E-state index in [9.17, 15) is 4.79 Å².